The molecule has 1 heteroatoms. The first-order valence-corrected chi connectivity index (χ1v) is 6.64. The van der Waals surface area contributed by atoms with Crippen LogP contribution >= 0.6 is 0 Å². The second kappa shape index (κ2) is 2.80. The molecule has 0 amide bonds. The van der Waals surface area contributed by atoms with E-state index in [9.17, 15) is 4.79 Å². The summed E-state index contributed by atoms with van der Waals surface area (Å²) in [5.41, 5.74) is 3.06. The lowest BCUT2D eigenvalue weighted by atomic mass is 9.78. The van der Waals surface area contributed by atoms with Crippen LogP contribution < -0.4 is 0 Å². The molecule has 3 atom stereocenters. The number of ketones is 1. The minimum Gasteiger partial charge on any atom is -0.294 e. The molecule has 0 radical (unpaired) electrons. The van der Waals surface area contributed by atoms with Crippen LogP contribution in [0.25, 0.3) is 0 Å². The summed E-state index contributed by atoms with van der Waals surface area (Å²) in [5.74, 6) is 1.75. The van der Waals surface area contributed by atoms with Crippen LogP contribution in [-0.4, -0.2) is 5.78 Å². The molecule has 0 aromatic carbocycles. The summed E-state index contributed by atoms with van der Waals surface area (Å²) >= 11 is 0. The summed E-state index contributed by atoms with van der Waals surface area (Å²) in [6, 6.07) is 0. The highest BCUT2D eigenvalue weighted by Crippen LogP contribution is 2.67. The van der Waals surface area contributed by atoms with Gasteiger partial charge < -0.3 is 0 Å². The number of fused-ring (bicyclic) bond motifs is 2. The Morgan fingerprint density at radius 2 is 1.88 bits per heavy atom. The van der Waals surface area contributed by atoms with Crippen molar-refractivity contribution >= 4 is 5.78 Å². The Morgan fingerprint density at radius 1 is 1.19 bits per heavy atom. The van der Waals surface area contributed by atoms with E-state index >= 15 is 0 Å². The third-order valence-corrected chi connectivity index (χ3v) is 5.36. The van der Waals surface area contributed by atoms with Crippen LogP contribution in [0.4, 0.5) is 0 Å². The molecule has 1 fully saturated rings. The Balaban J connectivity index is 2.14. The number of hydrogen-bond donors (Lipinski definition) is 0. The SMILES string of the molecule is CC1CCC2=C1C(=O)C(C)(C)CC1CC21C. The van der Waals surface area contributed by atoms with Gasteiger partial charge in [0.2, 0.25) is 0 Å². The quantitative estimate of drug-likeness (QED) is 0.605. The largest absolute Gasteiger partial charge is 0.294 e. The van der Waals surface area contributed by atoms with Crippen molar-refractivity contribution in [1.82, 2.24) is 0 Å². The van der Waals surface area contributed by atoms with Crippen molar-refractivity contribution in [3.8, 4) is 0 Å². The smallest absolute Gasteiger partial charge is 0.164 e. The molecule has 0 bridgehead atoms. The van der Waals surface area contributed by atoms with Gasteiger partial charge in [0.1, 0.15) is 0 Å². The van der Waals surface area contributed by atoms with Gasteiger partial charge in [0, 0.05) is 5.41 Å². The monoisotopic (exact) mass is 218 g/mol. The molecule has 0 aromatic heterocycles. The molecule has 0 N–H and O–H groups in total. The van der Waals surface area contributed by atoms with Gasteiger partial charge in [-0.1, -0.05) is 33.3 Å². The van der Waals surface area contributed by atoms with Gasteiger partial charge in [-0.2, -0.15) is 0 Å². The zero-order chi connectivity index (χ0) is 11.7. The summed E-state index contributed by atoms with van der Waals surface area (Å²) in [7, 11) is 0. The number of carbonyl (C=O) groups is 1. The van der Waals surface area contributed by atoms with E-state index in [0.717, 1.165) is 12.3 Å². The maximum absolute atomic E-state index is 12.6. The molecule has 16 heavy (non-hydrogen) atoms. The highest BCUT2D eigenvalue weighted by molar-refractivity contribution is 6.01. The Kier molecular flexibility index (Phi) is 1.85. The molecule has 1 nitrogen and oxygen atoms in total. The topological polar surface area (TPSA) is 17.1 Å². The van der Waals surface area contributed by atoms with E-state index in [0.29, 0.717) is 17.1 Å². The van der Waals surface area contributed by atoms with Crippen LogP contribution in [-0.2, 0) is 4.79 Å². The van der Waals surface area contributed by atoms with Crippen molar-refractivity contribution in [2.75, 3.05) is 0 Å². The van der Waals surface area contributed by atoms with E-state index in [4.69, 9.17) is 0 Å². The lowest BCUT2D eigenvalue weighted by Gasteiger charge is -2.24. The van der Waals surface area contributed by atoms with Crippen LogP contribution in [0.1, 0.15) is 53.4 Å². The van der Waals surface area contributed by atoms with E-state index in [1.54, 1.807) is 5.57 Å². The molecule has 0 saturated heterocycles. The molecule has 0 aliphatic heterocycles. The zero-order valence-corrected chi connectivity index (χ0v) is 10.9. The van der Waals surface area contributed by atoms with E-state index in [-0.39, 0.29) is 5.41 Å². The van der Waals surface area contributed by atoms with Gasteiger partial charge in [-0.05, 0) is 48.5 Å². The number of hydrogen-bond acceptors (Lipinski definition) is 1. The fourth-order valence-electron chi connectivity index (χ4n) is 4.08. The molecule has 1 saturated carbocycles. The summed E-state index contributed by atoms with van der Waals surface area (Å²) in [4.78, 5) is 12.6. The Hall–Kier alpha value is -0.590. The maximum Gasteiger partial charge on any atom is 0.164 e. The number of rotatable bonds is 0. The minimum absolute atomic E-state index is 0.113. The van der Waals surface area contributed by atoms with Crippen molar-refractivity contribution in [3.63, 3.8) is 0 Å². The first kappa shape index (κ1) is 10.6. The van der Waals surface area contributed by atoms with E-state index in [2.05, 4.69) is 27.7 Å². The predicted octanol–water partition coefficient (Wildman–Crippen LogP) is 3.74. The molecular weight excluding hydrogens is 196 g/mol. The Labute approximate surface area is 98.3 Å². The average molecular weight is 218 g/mol. The normalized spacial score (nSPS) is 45.1. The maximum atomic E-state index is 12.6. The molecule has 3 rings (SSSR count). The van der Waals surface area contributed by atoms with Gasteiger partial charge in [-0.3, -0.25) is 4.79 Å². The molecule has 0 heterocycles. The number of carbonyl (C=O) groups excluding carboxylic acids is 1. The van der Waals surface area contributed by atoms with Crippen LogP contribution in [0.2, 0.25) is 0 Å². The predicted molar refractivity (Wildman–Crippen MR) is 65.0 cm³/mol. The highest BCUT2D eigenvalue weighted by Gasteiger charge is 2.59. The van der Waals surface area contributed by atoms with Crippen molar-refractivity contribution in [2.45, 2.75) is 53.4 Å². The van der Waals surface area contributed by atoms with Crippen LogP contribution in [0.5, 0.6) is 0 Å². The van der Waals surface area contributed by atoms with Gasteiger partial charge in [0.05, 0.1) is 0 Å². The number of allylic oxidation sites excluding steroid dienone is 2. The summed E-state index contributed by atoms with van der Waals surface area (Å²) < 4.78 is 0. The second-order valence-electron chi connectivity index (χ2n) is 7.07. The van der Waals surface area contributed by atoms with Crippen molar-refractivity contribution in [2.24, 2.45) is 22.7 Å². The Morgan fingerprint density at radius 3 is 2.56 bits per heavy atom. The van der Waals surface area contributed by atoms with Gasteiger partial charge in [0.15, 0.2) is 5.78 Å². The highest BCUT2D eigenvalue weighted by atomic mass is 16.1. The van der Waals surface area contributed by atoms with Crippen LogP contribution in [0, 0.1) is 22.7 Å². The van der Waals surface area contributed by atoms with E-state index in [1.807, 2.05) is 0 Å². The molecule has 3 aliphatic rings. The third-order valence-electron chi connectivity index (χ3n) is 5.36. The van der Waals surface area contributed by atoms with Gasteiger partial charge in [0.25, 0.3) is 0 Å². The summed E-state index contributed by atoms with van der Waals surface area (Å²) in [6.07, 6.45) is 4.82. The second-order valence-corrected chi connectivity index (χ2v) is 7.07. The van der Waals surface area contributed by atoms with E-state index < -0.39 is 0 Å². The lowest BCUT2D eigenvalue weighted by molar-refractivity contribution is -0.124. The fraction of sp³-hybridized carbons (Fsp3) is 0.800. The molecule has 3 aliphatic carbocycles. The number of Topliss-reactive ketones (excluding diaryl/α,β-unsaturated/α-hetero) is 1. The average Bonchev–Trinajstić information content (AvgIpc) is 2.68. The van der Waals surface area contributed by atoms with Crippen LogP contribution in [0.15, 0.2) is 11.1 Å². The summed E-state index contributed by atoms with van der Waals surface area (Å²) in [5, 5.41) is 0. The van der Waals surface area contributed by atoms with Crippen molar-refractivity contribution in [1.29, 1.82) is 0 Å². The zero-order valence-electron chi connectivity index (χ0n) is 10.9. The molecular formula is C15H22O. The van der Waals surface area contributed by atoms with Crippen molar-refractivity contribution in [3.05, 3.63) is 11.1 Å². The molecule has 3 unspecified atom stereocenters. The third kappa shape index (κ3) is 1.15. The van der Waals surface area contributed by atoms with Crippen LogP contribution in [0.3, 0.4) is 0 Å². The molecule has 0 spiro atoms. The molecule has 88 valence electrons. The summed E-state index contributed by atoms with van der Waals surface area (Å²) in [6.45, 7) is 8.92. The van der Waals surface area contributed by atoms with Gasteiger partial charge >= 0.3 is 0 Å². The lowest BCUT2D eigenvalue weighted by Crippen LogP contribution is -2.27. The minimum atomic E-state index is -0.113. The standard InChI is InChI=1S/C15H22O/c1-9-5-6-11-12(9)13(16)14(2,3)7-10-8-15(10,11)4/h9-10H,5-8H2,1-4H3. The van der Waals surface area contributed by atoms with Gasteiger partial charge in [-0.25, -0.2) is 0 Å². The first-order chi connectivity index (χ1) is 7.36. The van der Waals surface area contributed by atoms with Crippen molar-refractivity contribution < 1.29 is 4.79 Å². The first-order valence-electron chi connectivity index (χ1n) is 6.64. The fourth-order valence-corrected chi connectivity index (χ4v) is 4.08. The van der Waals surface area contributed by atoms with Gasteiger partial charge in [-0.15, -0.1) is 0 Å². The molecule has 0 aromatic rings. The Bertz CT molecular complexity index is 402. The van der Waals surface area contributed by atoms with E-state index in [1.165, 1.54) is 24.8 Å².